The average Bonchev–Trinajstić information content (AvgIpc) is 3.09. The summed E-state index contributed by atoms with van der Waals surface area (Å²) < 4.78 is 7.18. The number of amides is 1. The Hall–Kier alpha value is -3.39. The second-order valence-corrected chi connectivity index (χ2v) is 6.58. The monoisotopic (exact) mass is 400 g/mol. The lowest BCUT2D eigenvalue weighted by atomic mass is 10.2. The molecule has 8 nitrogen and oxygen atoms in total. The van der Waals surface area contributed by atoms with Crippen LogP contribution in [0.4, 0.5) is 11.4 Å². The zero-order valence-electron chi connectivity index (χ0n) is 15.1. The van der Waals surface area contributed by atoms with Crippen molar-refractivity contribution in [2.24, 2.45) is 0 Å². The van der Waals surface area contributed by atoms with Crippen LogP contribution in [-0.4, -0.2) is 20.6 Å². The molecule has 144 valence electrons. The molecule has 1 aromatic heterocycles. The lowest BCUT2D eigenvalue weighted by molar-refractivity contribution is -0.384. The SMILES string of the molecule is Cc1ccccc1Oc1cc(NC(=O)C(C)n2cc(Cl)cn2)cc([N+](=O)[O-])c1. The van der Waals surface area contributed by atoms with E-state index in [4.69, 9.17) is 16.3 Å². The van der Waals surface area contributed by atoms with Crippen LogP contribution in [0, 0.1) is 17.0 Å². The number of para-hydroxylation sites is 1. The van der Waals surface area contributed by atoms with Crippen LogP contribution < -0.4 is 10.1 Å². The number of non-ortho nitro benzene ring substituents is 1. The van der Waals surface area contributed by atoms with Crippen molar-refractivity contribution >= 4 is 28.9 Å². The molecule has 1 atom stereocenters. The number of halogens is 1. The number of aromatic nitrogens is 2. The minimum atomic E-state index is -0.660. The highest BCUT2D eigenvalue weighted by Gasteiger charge is 2.18. The van der Waals surface area contributed by atoms with Gasteiger partial charge in [0.15, 0.2) is 0 Å². The van der Waals surface area contributed by atoms with Gasteiger partial charge in [-0.1, -0.05) is 29.8 Å². The Bertz CT molecular complexity index is 1030. The van der Waals surface area contributed by atoms with Crippen molar-refractivity contribution in [3.8, 4) is 11.5 Å². The Kier molecular flexibility index (Phi) is 5.60. The first-order valence-corrected chi connectivity index (χ1v) is 8.75. The van der Waals surface area contributed by atoms with Crippen molar-refractivity contribution in [2.45, 2.75) is 19.9 Å². The summed E-state index contributed by atoms with van der Waals surface area (Å²) in [6.07, 6.45) is 2.94. The molecule has 0 saturated carbocycles. The Morgan fingerprint density at radius 2 is 2.07 bits per heavy atom. The zero-order chi connectivity index (χ0) is 20.3. The molecular formula is C19H17ClN4O4. The molecule has 0 saturated heterocycles. The molecule has 1 N–H and O–H groups in total. The highest BCUT2D eigenvalue weighted by molar-refractivity contribution is 6.30. The number of anilines is 1. The maximum atomic E-state index is 12.5. The Morgan fingerprint density at radius 1 is 1.32 bits per heavy atom. The normalized spacial score (nSPS) is 11.7. The van der Waals surface area contributed by atoms with E-state index in [-0.39, 0.29) is 17.1 Å². The second-order valence-electron chi connectivity index (χ2n) is 6.14. The molecule has 0 bridgehead atoms. The van der Waals surface area contributed by atoms with E-state index in [0.717, 1.165) is 5.56 Å². The van der Waals surface area contributed by atoms with Gasteiger partial charge in [-0.2, -0.15) is 5.10 Å². The predicted octanol–water partition coefficient (Wildman–Crippen LogP) is 4.75. The second kappa shape index (κ2) is 8.10. The molecule has 1 unspecified atom stereocenters. The van der Waals surface area contributed by atoms with E-state index in [1.165, 1.54) is 35.3 Å². The van der Waals surface area contributed by atoms with Crippen molar-refractivity contribution in [3.05, 3.63) is 75.6 Å². The lowest BCUT2D eigenvalue weighted by Gasteiger charge is -2.14. The summed E-state index contributed by atoms with van der Waals surface area (Å²) in [4.78, 5) is 23.2. The van der Waals surface area contributed by atoms with E-state index in [0.29, 0.717) is 10.8 Å². The highest BCUT2D eigenvalue weighted by atomic mass is 35.5. The number of nitrogens with one attached hydrogen (secondary N) is 1. The molecule has 28 heavy (non-hydrogen) atoms. The number of hydrogen-bond donors (Lipinski definition) is 1. The van der Waals surface area contributed by atoms with Crippen LogP contribution in [-0.2, 0) is 4.79 Å². The molecule has 1 amide bonds. The van der Waals surface area contributed by atoms with Crippen LogP contribution in [0.25, 0.3) is 0 Å². The molecule has 3 rings (SSSR count). The van der Waals surface area contributed by atoms with E-state index < -0.39 is 16.9 Å². The third-order valence-electron chi connectivity index (χ3n) is 4.04. The summed E-state index contributed by atoms with van der Waals surface area (Å²) in [5, 5.41) is 18.3. The number of ether oxygens (including phenoxy) is 1. The molecule has 0 aliphatic carbocycles. The molecule has 0 aliphatic rings. The van der Waals surface area contributed by atoms with Crippen LogP contribution in [0.15, 0.2) is 54.9 Å². The van der Waals surface area contributed by atoms with Gasteiger partial charge in [0.1, 0.15) is 17.5 Å². The minimum Gasteiger partial charge on any atom is -0.457 e. The van der Waals surface area contributed by atoms with Crippen LogP contribution in [0.2, 0.25) is 5.02 Å². The largest absolute Gasteiger partial charge is 0.457 e. The van der Waals surface area contributed by atoms with Crippen molar-refractivity contribution in [1.82, 2.24) is 9.78 Å². The summed E-state index contributed by atoms with van der Waals surface area (Å²) in [7, 11) is 0. The fourth-order valence-corrected chi connectivity index (χ4v) is 2.65. The van der Waals surface area contributed by atoms with Gasteiger partial charge in [0, 0.05) is 18.3 Å². The number of nitrogens with zero attached hydrogens (tertiary/aromatic N) is 3. The van der Waals surface area contributed by atoms with Crippen molar-refractivity contribution < 1.29 is 14.5 Å². The molecule has 0 spiro atoms. The van der Waals surface area contributed by atoms with Gasteiger partial charge in [-0.15, -0.1) is 0 Å². The maximum Gasteiger partial charge on any atom is 0.275 e. The molecule has 3 aromatic rings. The fourth-order valence-electron chi connectivity index (χ4n) is 2.51. The third kappa shape index (κ3) is 4.47. The number of nitro benzene ring substituents is 1. The van der Waals surface area contributed by atoms with E-state index in [9.17, 15) is 14.9 Å². The Labute approximate surface area is 165 Å². The van der Waals surface area contributed by atoms with Crippen LogP contribution in [0.5, 0.6) is 11.5 Å². The van der Waals surface area contributed by atoms with Crippen molar-refractivity contribution in [2.75, 3.05) is 5.32 Å². The summed E-state index contributed by atoms with van der Waals surface area (Å²) in [5.74, 6) is 0.413. The molecule has 0 radical (unpaired) electrons. The van der Waals surface area contributed by atoms with Crippen LogP contribution >= 0.6 is 11.6 Å². The first kappa shape index (κ1) is 19.4. The smallest absolute Gasteiger partial charge is 0.275 e. The van der Waals surface area contributed by atoms with Gasteiger partial charge in [0.2, 0.25) is 5.91 Å². The number of rotatable bonds is 6. The number of aryl methyl sites for hydroxylation is 1. The quantitative estimate of drug-likeness (QED) is 0.475. The molecule has 9 heteroatoms. The first-order chi connectivity index (χ1) is 13.3. The third-order valence-corrected chi connectivity index (χ3v) is 4.23. The molecule has 1 heterocycles. The van der Waals surface area contributed by atoms with Crippen LogP contribution in [0.3, 0.4) is 0 Å². The minimum absolute atomic E-state index is 0.198. The molecule has 0 fully saturated rings. The van der Waals surface area contributed by atoms with Gasteiger partial charge in [-0.25, -0.2) is 0 Å². The predicted molar refractivity (Wildman–Crippen MR) is 105 cm³/mol. The zero-order valence-corrected chi connectivity index (χ0v) is 15.9. The fraction of sp³-hybridized carbons (Fsp3) is 0.158. The van der Waals surface area contributed by atoms with Gasteiger partial charge in [0.25, 0.3) is 5.69 Å². The van der Waals surface area contributed by atoms with E-state index >= 15 is 0 Å². The number of carbonyl (C=O) groups is 1. The number of benzene rings is 2. The topological polar surface area (TPSA) is 99.3 Å². The van der Waals surface area contributed by atoms with Gasteiger partial charge >= 0.3 is 0 Å². The number of nitro groups is 1. The standard InChI is InChI=1S/C19H17ClN4O4/c1-12-5-3-4-6-18(12)28-17-8-15(7-16(9-17)24(26)27)22-19(25)13(2)23-11-14(20)10-21-23/h3-11,13H,1-2H3,(H,22,25). The Balaban J connectivity index is 1.86. The summed E-state index contributed by atoms with van der Waals surface area (Å²) in [6.45, 7) is 3.51. The number of hydrogen-bond acceptors (Lipinski definition) is 5. The average molecular weight is 401 g/mol. The molecule has 2 aromatic carbocycles. The highest BCUT2D eigenvalue weighted by Crippen LogP contribution is 2.31. The lowest BCUT2D eigenvalue weighted by Crippen LogP contribution is -2.24. The van der Waals surface area contributed by atoms with Gasteiger partial charge in [-0.05, 0) is 25.5 Å². The Morgan fingerprint density at radius 3 is 2.71 bits per heavy atom. The first-order valence-electron chi connectivity index (χ1n) is 8.37. The van der Waals surface area contributed by atoms with Gasteiger partial charge < -0.3 is 10.1 Å². The van der Waals surface area contributed by atoms with E-state index in [1.54, 1.807) is 19.1 Å². The summed E-state index contributed by atoms with van der Waals surface area (Å²) in [6, 6.07) is 10.7. The number of carbonyl (C=O) groups excluding carboxylic acids is 1. The molecule has 0 aliphatic heterocycles. The maximum absolute atomic E-state index is 12.5. The van der Waals surface area contributed by atoms with Crippen molar-refractivity contribution in [3.63, 3.8) is 0 Å². The summed E-state index contributed by atoms with van der Waals surface area (Å²) >= 11 is 5.83. The van der Waals surface area contributed by atoms with E-state index in [1.807, 2.05) is 19.1 Å². The van der Waals surface area contributed by atoms with Gasteiger partial charge in [-0.3, -0.25) is 19.6 Å². The van der Waals surface area contributed by atoms with Crippen LogP contribution in [0.1, 0.15) is 18.5 Å². The van der Waals surface area contributed by atoms with Gasteiger partial charge in [0.05, 0.1) is 27.9 Å². The molecular weight excluding hydrogens is 384 g/mol. The van der Waals surface area contributed by atoms with Crippen molar-refractivity contribution in [1.29, 1.82) is 0 Å². The van der Waals surface area contributed by atoms with E-state index in [2.05, 4.69) is 10.4 Å². The summed E-state index contributed by atoms with van der Waals surface area (Å²) in [5.41, 5.74) is 0.924.